The van der Waals surface area contributed by atoms with Gasteiger partial charge in [0.05, 0.1) is 0 Å². The van der Waals surface area contributed by atoms with Gasteiger partial charge in [0.2, 0.25) is 0 Å². The van der Waals surface area contributed by atoms with Crippen molar-refractivity contribution in [1.82, 2.24) is 0 Å². The topological polar surface area (TPSA) is 26.0 Å². The molecular weight excluding hydrogens is 129 g/mol. The lowest BCUT2D eigenvalue weighted by atomic mass is 9.69. The van der Waals surface area contributed by atoms with E-state index in [4.69, 9.17) is 5.73 Å². The molecule has 0 heterocycles. The van der Waals surface area contributed by atoms with Gasteiger partial charge in [0, 0.05) is 5.69 Å². The van der Waals surface area contributed by atoms with Gasteiger partial charge in [-0.1, -0.05) is 27.9 Å². The van der Waals surface area contributed by atoms with E-state index >= 15 is 0 Å². The highest BCUT2D eigenvalue weighted by atomic mass is 14.6. The fraction of sp³-hybridized carbons (Fsp3) is 0. The van der Waals surface area contributed by atoms with Crippen LogP contribution in [0, 0.1) is 0 Å². The smallest absolute Gasteiger partial charge is 0.141 e. The summed E-state index contributed by atoms with van der Waals surface area (Å²) in [6.07, 6.45) is 0. The average Bonchev–Trinajstić information content (AvgIpc) is 1.97. The quantitative estimate of drug-likeness (QED) is 0.282. The largest absolute Gasteiger partial charge is 0.400 e. The third-order valence-electron chi connectivity index (χ3n) is 2.42. The molecule has 0 spiro atoms. The first-order valence-corrected chi connectivity index (χ1v) is 3.87. The van der Waals surface area contributed by atoms with E-state index in [9.17, 15) is 0 Å². The Balaban J connectivity index is 3.46. The number of nitrogen functional groups attached to an aromatic ring is 1. The van der Waals surface area contributed by atoms with Gasteiger partial charge in [0.25, 0.3) is 0 Å². The Labute approximate surface area is 71.4 Å². The molecule has 0 aliphatic carbocycles. The monoisotopic (exact) mass is 141 g/mol. The van der Waals surface area contributed by atoms with E-state index in [1.54, 1.807) is 0 Å². The number of benzene rings is 1. The average molecular weight is 140 g/mol. The second kappa shape index (κ2) is 2.72. The Bertz CT molecular complexity index is 271. The summed E-state index contributed by atoms with van der Waals surface area (Å²) in [6, 6.07) is 2.18. The van der Waals surface area contributed by atoms with Crippen LogP contribution < -0.4 is 27.6 Å². The molecule has 0 aliphatic rings. The van der Waals surface area contributed by atoms with Crippen LogP contribution in [0.1, 0.15) is 0 Å². The van der Waals surface area contributed by atoms with Crippen molar-refractivity contribution in [3.8, 4) is 0 Å². The third-order valence-corrected chi connectivity index (χ3v) is 2.42. The first-order chi connectivity index (χ1) is 5.04. The lowest BCUT2D eigenvalue weighted by molar-refractivity contribution is 1.89. The van der Waals surface area contributed by atoms with Gasteiger partial charge in [-0.3, -0.25) is 0 Å². The summed E-state index contributed by atoms with van der Waals surface area (Å²) in [6.45, 7) is 0. The molecule has 0 unspecified atom stereocenters. The van der Waals surface area contributed by atoms with Crippen molar-refractivity contribution in [2.24, 2.45) is 0 Å². The van der Waals surface area contributed by atoms with Gasteiger partial charge in [0.15, 0.2) is 0 Å². The molecular formula is C6H11B4N. The van der Waals surface area contributed by atoms with Crippen molar-refractivity contribution in [3.05, 3.63) is 6.07 Å². The fourth-order valence-electron chi connectivity index (χ4n) is 1.25. The molecule has 1 aromatic carbocycles. The lowest BCUT2D eigenvalue weighted by Gasteiger charge is -2.11. The van der Waals surface area contributed by atoms with E-state index in [1.807, 2.05) is 0 Å². The molecule has 5 heteroatoms. The third kappa shape index (κ3) is 1.32. The minimum Gasteiger partial charge on any atom is -0.400 e. The second-order valence-electron chi connectivity index (χ2n) is 3.17. The fourth-order valence-corrected chi connectivity index (χ4v) is 1.25. The van der Waals surface area contributed by atoms with E-state index in [0.717, 1.165) is 5.69 Å². The Morgan fingerprint density at radius 2 is 1.27 bits per heavy atom. The van der Waals surface area contributed by atoms with Gasteiger partial charge in [0.1, 0.15) is 31.4 Å². The maximum Gasteiger partial charge on any atom is 0.141 e. The zero-order valence-corrected chi connectivity index (χ0v) is 7.65. The summed E-state index contributed by atoms with van der Waals surface area (Å²) in [4.78, 5) is 0. The predicted molar refractivity (Wildman–Crippen MR) is 63.6 cm³/mol. The maximum absolute atomic E-state index is 5.88. The normalized spacial score (nSPS) is 9.82. The van der Waals surface area contributed by atoms with E-state index in [1.165, 1.54) is 21.9 Å². The second-order valence-corrected chi connectivity index (χ2v) is 3.17. The van der Waals surface area contributed by atoms with E-state index < -0.39 is 0 Å². The van der Waals surface area contributed by atoms with Crippen LogP contribution in [-0.2, 0) is 0 Å². The Morgan fingerprint density at radius 1 is 0.909 bits per heavy atom. The van der Waals surface area contributed by atoms with Crippen molar-refractivity contribution in [2.45, 2.75) is 0 Å². The summed E-state index contributed by atoms with van der Waals surface area (Å²) >= 11 is 0. The van der Waals surface area contributed by atoms with Crippen molar-refractivity contribution < 1.29 is 0 Å². The van der Waals surface area contributed by atoms with Gasteiger partial charge in [-0.05, 0) is 0 Å². The van der Waals surface area contributed by atoms with Crippen molar-refractivity contribution in [2.75, 3.05) is 5.73 Å². The lowest BCUT2D eigenvalue weighted by Crippen LogP contribution is -2.42. The molecule has 0 fully saturated rings. The van der Waals surface area contributed by atoms with Crippen LogP contribution in [0.25, 0.3) is 0 Å². The van der Waals surface area contributed by atoms with E-state index in [0.29, 0.717) is 0 Å². The van der Waals surface area contributed by atoms with E-state index in [2.05, 4.69) is 37.5 Å². The van der Waals surface area contributed by atoms with Crippen molar-refractivity contribution in [1.29, 1.82) is 0 Å². The highest BCUT2D eigenvalue weighted by Crippen LogP contribution is 1.83. The minimum atomic E-state index is 0.947. The van der Waals surface area contributed by atoms with Crippen LogP contribution in [0.4, 0.5) is 5.69 Å². The number of anilines is 1. The van der Waals surface area contributed by atoms with E-state index in [-0.39, 0.29) is 0 Å². The highest BCUT2D eigenvalue weighted by molar-refractivity contribution is 6.59. The summed E-state index contributed by atoms with van der Waals surface area (Å²) < 4.78 is 0. The van der Waals surface area contributed by atoms with Gasteiger partial charge in [-0.25, -0.2) is 0 Å². The molecule has 0 saturated heterocycles. The molecule has 0 aliphatic heterocycles. The summed E-state index contributed by atoms with van der Waals surface area (Å²) in [5, 5.41) is 0. The first-order valence-electron chi connectivity index (χ1n) is 3.87. The predicted octanol–water partition coefficient (Wildman–Crippen LogP) is -5.70. The van der Waals surface area contributed by atoms with Gasteiger partial charge in [-0.15, -0.1) is 0 Å². The van der Waals surface area contributed by atoms with Crippen LogP contribution in [0.15, 0.2) is 6.07 Å². The van der Waals surface area contributed by atoms with Gasteiger partial charge in [-0.2, -0.15) is 0 Å². The molecule has 0 amide bonds. The van der Waals surface area contributed by atoms with Crippen LogP contribution in [0.2, 0.25) is 0 Å². The maximum atomic E-state index is 5.88. The zero-order valence-electron chi connectivity index (χ0n) is 7.65. The molecule has 0 bridgehead atoms. The molecule has 0 aromatic heterocycles. The van der Waals surface area contributed by atoms with Crippen molar-refractivity contribution >= 4 is 58.9 Å². The number of hydrogen-bond donors (Lipinski definition) is 1. The standard InChI is InChI=1S/C6H11B4N/c7-2-1-3(8)5(10)6(11)4(2)9/h1H,7-11H2. The summed E-state index contributed by atoms with van der Waals surface area (Å²) in [7, 11) is 8.32. The minimum absolute atomic E-state index is 0.947. The van der Waals surface area contributed by atoms with Crippen LogP contribution >= 0.6 is 0 Å². The molecule has 1 aromatic rings. The number of rotatable bonds is 0. The Hall–Kier alpha value is -0.720. The Morgan fingerprint density at radius 3 is 1.64 bits per heavy atom. The first kappa shape index (κ1) is 8.38. The number of hydrogen-bond acceptors (Lipinski definition) is 1. The molecule has 0 saturated carbocycles. The van der Waals surface area contributed by atoms with Crippen LogP contribution in [0.5, 0.6) is 0 Å². The highest BCUT2D eigenvalue weighted by Gasteiger charge is 2.02. The molecule has 2 N–H and O–H groups in total. The number of nitrogens with two attached hydrogens (primary N) is 1. The van der Waals surface area contributed by atoms with Gasteiger partial charge < -0.3 is 5.73 Å². The molecule has 1 rings (SSSR count). The molecule has 11 heavy (non-hydrogen) atoms. The van der Waals surface area contributed by atoms with Crippen molar-refractivity contribution in [3.63, 3.8) is 0 Å². The molecule has 0 radical (unpaired) electrons. The van der Waals surface area contributed by atoms with Gasteiger partial charge >= 0.3 is 0 Å². The summed E-state index contributed by atoms with van der Waals surface area (Å²) in [5.74, 6) is 0. The SMILES string of the molecule is Bc1cc(B)c(B)c(N)c1B. The summed E-state index contributed by atoms with van der Waals surface area (Å²) in [5.41, 5.74) is 11.8. The Kier molecular flexibility index (Phi) is 2.08. The van der Waals surface area contributed by atoms with Crippen LogP contribution in [-0.4, -0.2) is 31.4 Å². The van der Waals surface area contributed by atoms with Crippen LogP contribution in [0.3, 0.4) is 0 Å². The molecule has 0 atom stereocenters. The zero-order chi connectivity index (χ0) is 8.59. The molecule has 1 nitrogen and oxygen atoms in total. The molecule has 52 valence electrons.